The van der Waals surface area contributed by atoms with Crippen molar-refractivity contribution in [2.75, 3.05) is 5.75 Å². The van der Waals surface area contributed by atoms with Gasteiger partial charge in [-0.2, -0.15) is 0 Å². The molecular formula is C9H8Cl2O3S. The summed E-state index contributed by atoms with van der Waals surface area (Å²) in [4.78, 5) is 10.6. The summed E-state index contributed by atoms with van der Waals surface area (Å²) in [5.74, 6) is -0.281. The van der Waals surface area contributed by atoms with Crippen LogP contribution in [-0.4, -0.2) is 19.4 Å². The molecular weight excluding hydrogens is 259 g/mol. The third-order valence-electron chi connectivity index (χ3n) is 1.74. The van der Waals surface area contributed by atoms with E-state index in [1.165, 1.54) is 24.3 Å². The Morgan fingerprint density at radius 3 is 2.20 bits per heavy atom. The molecule has 0 aliphatic heterocycles. The largest absolute Gasteiger partial charge is 0.281 e. The Labute approximate surface area is 97.9 Å². The van der Waals surface area contributed by atoms with Crippen LogP contribution in [0.1, 0.15) is 6.42 Å². The predicted molar refractivity (Wildman–Crippen MR) is 59.0 cm³/mol. The zero-order chi connectivity index (χ0) is 11.5. The van der Waals surface area contributed by atoms with Crippen molar-refractivity contribution in [3.63, 3.8) is 0 Å². The molecule has 0 aliphatic carbocycles. The Balaban J connectivity index is 2.87. The minimum absolute atomic E-state index is 0.143. The number of hydrogen-bond acceptors (Lipinski definition) is 3. The fraction of sp³-hybridized carbons (Fsp3) is 0.222. The molecule has 0 amide bonds. The molecule has 1 aromatic rings. The van der Waals surface area contributed by atoms with Crippen molar-refractivity contribution in [2.24, 2.45) is 0 Å². The van der Waals surface area contributed by atoms with Crippen molar-refractivity contribution >= 4 is 38.3 Å². The van der Waals surface area contributed by atoms with Gasteiger partial charge in [0.15, 0.2) is 9.84 Å². The van der Waals surface area contributed by atoms with E-state index < -0.39 is 15.1 Å². The molecule has 0 aliphatic rings. The highest BCUT2D eigenvalue weighted by molar-refractivity contribution is 7.91. The van der Waals surface area contributed by atoms with Crippen molar-refractivity contribution in [3.05, 3.63) is 29.3 Å². The maximum atomic E-state index is 11.6. The Morgan fingerprint density at radius 2 is 1.73 bits per heavy atom. The lowest BCUT2D eigenvalue weighted by molar-refractivity contribution is -0.111. The summed E-state index contributed by atoms with van der Waals surface area (Å²) in [7, 11) is -3.44. The SMILES string of the molecule is O=C(Cl)CCS(=O)(=O)c1ccc(Cl)cc1. The van der Waals surface area contributed by atoms with E-state index in [4.69, 9.17) is 23.2 Å². The molecule has 1 rings (SSSR count). The lowest BCUT2D eigenvalue weighted by Crippen LogP contribution is -2.08. The summed E-state index contributed by atoms with van der Waals surface area (Å²) in [5.41, 5.74) is 0. The van der Waals surface area contributed by atoms with Gasteiger partial charge in [0.05, 0.1) is 10.6 Å². The monoisotopic (exact) mass is 266 g/mol. The molecule has 15 heavy (non-hydrogen) atoms. The third-order valence-corrected chi connectivity index (χ3v) is 3.91. The van der Waals surface area contributed by atoms with Gasteiger partial charge in [-0.3, -0.25) is 4.79 Å². The number of rotatable bonds is 4. The van der Waals surface area contributed by atoms with E-state index in [-0.39, 0.29) is 17.1 Å². The average molecular weight is 267 g/mol. The van der Waals surface area contributed by atoms with E-state index in [1.807, 2.05) is 0 Å². The van der Waals surface area contributed by atoms with Crippen molar-refractivity contribution in [1.29, 1.82) is 0 Å². The highest BCUT2D eigenvalue weighted by Crippen LogP contribution is 2.16. The van der Waals surface area contributed by atoms with Gasteiger partial charge in [-0.1, -0.05) is 11.6 Å². The summed E-state index contributed by atoms with van der Waals surface area (Å²) in [6, 6.07) is 5.76. The van der Waals surface area contributed by atoms with E-state index in [0.29, 0.717) is 5.02 Å². The molecule has 0 N–H and O–H groups in total. The van der Waals surface area contributed by atoms with Crippen molar-refractivity contribution in [1.82, 2.24) is 0 Å². The minimum atomic E-state index is -3.44. The number of hydrogen-bond donors (Lipinski definition) is 0. The second kappa shape index (κ2) is 4.96. The van der Waals surface area contributed by atoms with Gasteiger partial charge in [0.25, 0.3) is 0 Å². The molecule has 0 saturated carbocycles. The lowest BCUT2D eigenvalue weighted by atomic mass is 10.4. The average Bonchev–Trinajstić information content (AvgIpc) is 2.16. The van der Waals surface area contributed by atoms with Crippen LogP contribution >= 0.6 is 23.2 Å². The van der Waals surface area contributed by atoms with Gasteiger partial charge >= 0.3 is 0 Å². The molecule has 3 nitrogen and oxygen atoms in total. The first-order valence-corrected chi connectivity index (χ1v) is 6.49. The van der Waals surface area contributed by atoms with Crippen LogP contribution in [0.15, 0.2) is 29.2 Å². The fourth-order valence-electron chi connectivity index (χ4n) is 0.974. The quantitative estimate of drug-likeness (QED) is 0.786. The van der Waals surface area contributed by atoms with E-state index in [2.05, 4.69) is 0 Å². The van der Waals surface area contributed by atoms with Gasteiger partial charge in [-0.05, 0) is 35.9 Å². The first-order chi connectivity index (χ1) is 6.92. The molecule has 0 atom stereocenters. The van der Waals surface area contributed by atoms with Crippen LogP contribution in [0.5, 0.6) is 0 Å². The predicted octanol–water partition coefficient (Wildman–Crippen LogP) is 2.27. The fourth-order valence-corrected chi connectivity index (χ4v) is 2.55. The molecule has 6 heteroatoms. The molecule has 0 saturated heterocycles. The smallest absolute Gasteiger partial charge is 0.222 e. The molecule has 0 spiro atoms. The van der Waals surface area contributed by atoms with E-state index in [0.717, 1.165) is 0 Å². The summed E-state index contributed by atoms with van der Waals surface area (Å²) < 4.78 is 23.2. The third kappa shape index (κ3) is 3.81. The van der Waals surface area contributed by atoms with Crippen LogP contribution in [0, 0.1) is 0 Å². The second-order valence-corrected chi connectivity index (χ2v) is 5.85. The molecule has 0 radical (unpaired) electrons. The number of halogens is 2. The maximum absolute atomic E-state index is 11.6. The van der Waals surface area contributed by atoms with Gasteiger partial charge in [0.1, 0.15) is 0 Å². The highest BCUT2D eigenvalue weighted by Gasteiger charge is 2.15. The Kier molecular flexibility index (Phi) is 4.13. The van der Waals surface area contributed by atoms with Crippen LogP contribution in [0.4, 0.5) is 0 Å². The van der Waals surface area contributed by atoms with Gasteiger partial charge in [-0.15, -0.1) is 0 Å². The lowest BCUT2D eigenvalue weighted by Gasteiger charge is -2.02. The molecule has 0 bridgehead atoms. The first kappa shape index (κ1) is 12.5. The standard InChI is InChI=1S/C9H8Cl2O3S/c10-7-1-3-8(4-2-7)15(13,14)6-5-9(11)12/h1-4H,5-6H2. The van der Waals surface area contributed by atoms with Gasteiger partial charge in [-0.25, -0.2) is 8.42 Å². The van der Waals surface area contributed by atoms with E-state index in [1.54, 1.807) is 0 Å². The summed E-state index contributed by atoms with van der Waals surface area (Å²) in [5, 5.41) is -0.199. The van der Waals surface area contributed by atoms with Crippen LogP contribution in [-0.2, 0) is 14.6 Å². The number of carbonyl (C=O) groups is 1. The first-order valence-electron chi connectivity index (χ1n) is 4.08. The van der Waals surface area contributed by atoms with Crippen molar-refractivity contribution < 1.29 is 13.2 Å². The van der Waals surface area contributed by atoms with Gasteiger partial charge in [0, 0.05) is 11.4 Å². The number of carbonyl (C=O) groups excluding carboxylic acids is 1. The zero-order valence-electron chi connectivity index (χ0n) is 7.61. The van der Waals surface area contributed by atoms with Crippen molar-refractivity contribution in [2.45, 2.75) is 11.3 Å². The molecule has 82 valence electrons. The summed E-state index contributed by atoms with van der Waals surface area (Å²) >= 11 is 10.7. The van der Waals surface area contributed by atoms with E-state index >= 15 is 0 Å². The summed E-state index contributed by atoms with van der Waals surface area (Å²) in [6.45, 7) is 0. The van der Waals surface area contributed by atoms with Crippen LogP contribution in [0.2, 0.25) is 5.02 Å². The van der Waals surface area contributed by atoms with Crippen LogP contribution < -0.4 is 0 Å². The second-order valence-electron chi connectivity index (χ2n) is 2.88. The highest BCUT2D eigenvalue weighted by atomic mass is 35.5. The van der Waals surface area contributed by atoms with Crippen molar-refractivity contribution in [3.8, 4) is 0 Å². The Bertz CT molecular complexity index is 451. The molecule has 1 aromatic carbocycles. The maximum Gasteiger partial charge on any atom is 0.222 e. The molecule has 0 aromatic heterocycles. The number of benzene rings is 1. The Hall–Kier alpha value is -0.580. The molecule has 0 unspecified atom stereocenters. The summed E-state index contributed by atoms with van der Waals surface area (Å²) in [6.07, 6.45) is -0.188. The zero-order valence-corrected chi connectivity index (χ0v) is 9.94. The number of sulfone groups is 1. The van der Waals surface area contributed by atoms with Crippen LogP contribution in [0.3, 0.4) is 0 Å². The Morgan fingerprint density at radius 1 is 1.20 bits per heavy atom. The molecule has 0 heterocycles. The minimum Gasteiger partial charge on any atom is -0.281 e. The van der Waals surface area contributed by atoms with Gasteiger partial charge < -0.3 is 0 Å². The topological polar surface area (TPSA) is 51.2 Å². The van der Waals surface area contributed by atoms with E-state index in [9.17, 15) is 13.2 Å². The van der Waals surface area contributed by atoms with Gasteiger partial charge in [0.2, 0.25) is 5.24 Å². The normalized spacial score (nSPS) is 11.3. The van der Waals surface area contributed by atoms with Crippen LogP contribution in [0.25, 0.3) is 0 Å². The molecule has 0 fully saturated rings.